The van der Waals surface area contributed by atoms with Crippen LogP contribution in [0.15, 0.2) is 54.6 Å². The van der Waals surface area contributed by atoms with Gasteiger partial charge < -0.3 is 14.8 Å². The van der Waals surface area contributed by atoms with E-state index in [9.17, 15) is 0 Å². The molecule has 0 aromatic heterocycles. The van der Waals surface area contributed by atoms with Gasteiger partial charge in [-0.2, -0.15) is 0 Å². The van der Waals surface area contributed by atoms with Crippen LogP contribution in [0, 0.1) is 0 Å². The molecule has 21 heavy (non-hydrogen) atoms. The van der Waals surface area contributed by atoms with Crippen LogP contribution in [0.25, 0.3) is 0 Å². The van der Waals surface area contributed by atoms with Gasteiger partial charge in [0.1, 0.15) is 12.4 Å². The Balaban J connectivity index is 0.00000161. The van der Waals surface area contributed by atoms with Gasteiger partial charge in [-0.25, -0.2) is 0 Å². The molecule has 1 atom stereocenters. The van der Waals surface area contributed by atoms with E-state index in [1.54, 1.807) is 0 Å². The summed E-state index contributed by atoms with van der Waals surface area (Å²) in [6.07, 6.45) is 0. The van der Waals surface area contributed by atoms with Gasteiger partial charge in [0.15, 0.2) is 0 Å². The van der Waals surface area contributed by atoms with Gasteiger partial charge in [-0.15, -0.1) is 12.4 Å². The van der Waals surface area contributed by atoms with Crippen LogP contribution >= 0.6 is 12.4 Å². The van der Waals surface area contributed by atoms with Crippen LogP contribution in [0.1, 0.15) is 17.2 Å². The molecule has 3 rings (SSSR count). The maximum atomic E-state index is 5.98. The summed E-state index contributed by atoms with van der Waals surface area (Å²) >= 11 is 0. The van der Waals surface area contributed by atoms with Gasteiger partial charge in [0.25, 0.3) is 0 Å². The van der Waals surface area contributed by atoms with Crippen molar-refractivity contribution in [3.8, 4) is 5.75 Å². The van der Waals surface area contributed by atoms with Gasteiger partial charge in [0.2, 0.25) is 0 Å². The molecule has 1 N–H and O–H groups in total. The second kappa shape index (κ2) is 8.03. The van der Waals surface area contributed by atoms with E-state index >= 15 is 0 Å². The number of rotatable bonds is 4. The lowest BCUT2D eigenvalue weighted by molar-refractivity contribution is 0.0757. The first-order chi connectivity index (χ1) is 9.93. The third-order valence-corrected chi connectivity index (χ3v) is 3.45. The van der Waals surface area contributed by atoms with E-state index in [-0.39, 0.29) is 18.4 Å². The molecule has 0 spiro atoms. The second-order valence-electron chi connectivity index (χ2n) is 4.89. The number of ether oxygens (including phenoxy) is 2. The Bertz CT molecular complexity index is 541. The normalized spacial score (nSPS) is 17.8. The van der Waals surface area contributed by atoms with Gasteiger partial charge in [0.05, 0.1) is 19.3 Å². The minimum absolute atomic E-state index is 0. The highest BCUT2D eigenvalue weighted by molar-refractivity contribution is 5.85. The number of hydrogen-bond donors (Lipinski definition) is 1. The average Bonchev–Trinajstić information content (AvgIpc) is 2.55. The molecule has 0 unspecified atom stereocenters. The third kappa shape index (κ3) is 4.21. The highest BCUT2D eigenvalue weighted by Crippen LogP contribution is 2.27. The first-order valence-electron chi connectivity index (χ1n) is 7.00. The topological polar surface area (TPSA) is 30.5 Å². The molecule has 1 aliphatic heterocycles. The Kier molecular flexibility index (Phi) is 6.05. The summed E-state index contributed by atoms with van der Waals surface area (Å²) in [4.78, 5) is 0. The van der Waals surface area contributed by atoms with Crippen molar-refractivity contribution < 1.29 is 9.47 Å². The van der Waals surface area contributed by atoms with Crippen molar-refractivity contribution in [1.29, 1.82) is 0 Å². The number of morpholine rings is 1. The highest BCUT2D eigenvalue weighted by atomic mass is 35.5. The first-order valence-corrected chi connectivity index (χ1v) is 7.00. The highest BCUT2D eigenvalue weighted by Gasteiger charge is 2.18. The van der Waals surface area contributed by atoms with Crippen LogP contribution in [0.2, 0.25) is 0 Å². The second-order valence-corrected chi connectivity index (χ2v) is 4.89. The van der Waals surface area contributed by atoms with E-state index in [1.807, 2.05) is 36.4 Å². The number of para-hydroxylation sites is 1. The smallest absolute Gasteiger partial charge is 0.124 e. The van der Waals surface area contributed by atoms with E-state index in [2.05, 4.69) is 23.5 Å². The molecule has 0 aliphatic carbocycles. The zero-order valence-electron chi connectivity index (χ0n) is 11.8. The SMILES string of the molecule is Cl.c1ccc(COc2ccccc2[C@@H]2COCCN2)cc1. The molecule has 2 aromatic carbocycles. The van der Waals surface area contributed by atoms with Crippen molar-refractivity contribution in [3.63, 3.8) is 0 Å². The Morgan fingerprint density at radius 1 is 1.05 bits per heavy atom. The first kappa shape index (κ1) is 15.8. The van der Waals surface area contributed by atoms with E-state index in [0.29, 0.717) is 13.2 Å². The largest absolute Gasteiger partial charge is 0.489 e. The molecular weight excluding hydrogens is 286 g/mol. The molecule has 0 bridgehead atoms. The van der Waals surface area contributed by atoms with Crippen molar-refractivity contribution in [2.75, 3.05) is 19.8 Å². The van der Waals surface area contributed by atoms with Crippen molar-refractivity contribution in [2.45, 2.75) is 12.6 Å². The predicted octanol–water partition coefficient (Wildman–Crippen LogP) is 3.35. The monoisotopic (exact) mass is 305 g/mol. The summed E-state index contributed by atoms with van der Waals surface area (Å²) < 4.78 is 11.5. The molecule has 0 amide bonds. The Morgan fingerprint density at radius 3 is 2.57 bits per heavy atom. The van der Waals surface area contributed by atoms with Gasteiger partial charge >= 0.3 is 0 Å². The Labute approximate surface area is 131 Å². The van der Waals surface area contributed by atoms with Crippen molar-refractivity contribution in [2.24, 2.45) is 0 Å². The fourth-order valence-corrected chi connectivity index (χ4v) is 2.40. The van der Waals surface area contributed by atoms with Crippen molar-refractivity contribution in [3.05, 3.63) is 65.7 Å². The van der Waals surface area contributed by atoms with Crippen LogP contribution in [0.3, 0.4) is 0 Å². The lowest BCUT2D eigenvalue weighted by Crippen LogP contribution is -2.34. The van der Waals surface area contributed by atoms with E-state index in [0.717, 1.165) is 18.9 Å². The molecule has 0 saturated carbocycles. The van der Waals surface area contributed by atoms with Crippen LogP contribution in [-0.2, 0) is 11.3 Å². The maximum absolute atomic E-state index is 5.98. The summed E-state index contributed by atoms with van der Waals surface area (Å²) in [5.74, 6) is 0.930. The predicted molar refractivity (Wildman–Crippen MR) is 86.0 cm³/mol. The van der Waals surface area contributed by atoms with Gasteiger partial charge in [-0.1, -0.05) is 48.5 Å². The zero-order valence-corrected chi connectivity index (χ0v) is 12.6. The van der Waals surface area contributed by atoms with Gasteiger partial charge in [-0.05, 0) is 11.6 Å². The standard InChI is InChI=1S/C17H19NO2.ClH/c1-2-6-14(7-3-1)12-20-17-9-5-4-8-15(17)16-13-19-11-10-18-16;/h1-9,16,18H,10-13H2;1H/t16-;/m0./s1. The lowest BCUT2D eigenvalue weighted by atomic mass is 10.1. The molecule has 1 heterocycles. The summed E-state index contributed by atoms with van der Waals surface area (Å²) in [6, 6.07) is 18.6. The minimum Gasteiger partial charge on any atom is -0.489 e. The quantitative estimate of drug-likeness (QED) is 0.939. The zero-order chi connectivity index (χ0) is 13.6. The summed E-state index contributed by atoms with van der Waals surface area (Å²) in [5, 5.41) is 3.47. The van der Waals surface area contributed by atoms with Crippen molar-refractivity contribution in [1.82, 2.24) is 5.32 Å². The molecule has 112 valence electrons. The Hall–Kier alpha value is -1.55. The molecule has 1 aliphatic rings. The molecule has 3 nitrogen and oxygen atoms in total. The molecule has 0 radical (unpaired) electrons. The summed E-state index contributed by atoms with van der Waals surface area (Å²) in [6.45, 7) is 2.96. The van der Waals surface area contributed by atoms with Crippen molar-refractivity contribution >= 4 is 12.4 Å². The van der Waals surface area contributed by atoms with Crippen LogP contribution in [0.5, 0.6) is 5.75 Å². The van der Waals surface area contributed by atoms with E-state index in [4.69, 9.17) is 9.47 Å². The number of nitrogens with one attached hydrogen (secondary N) is 1. The fourth-order valence-electron chi connectivity index (χ4n) is 2.40. The minimum atomic E-state index is 0. The van der Waals surface area contributed by atoms with Gasteiger partial charge in [0, 0.05) is 12.1 Å². The van der Waals surface area contributed by atoms with Crippen LogP contribution in [-0.4, -0.2) is 19.8 Å². The molecule has 1 fully saturated rings. The summed E-state index contributed by atoms with van der Waals surface area (Å²) in [7, 11) is 0. The molecular formula is C17H20ClNO2. The van der Waals surface area contributed by atoms with E-state index in [1.165, 1.54) is 11.1 Å². The number of hydrogen-bond acceptors (Lipinski definition) is 3. The summed E-state index contributed by atoms with van der Waals surface area (Å²) in [5.41, 5.74) is 2.35. The fraction of sp³-hybridized carbons (Fsp3) is 0.294. The number of halogens is 1. The van der Waals surface area contributed by atoms with Crippen LogP contribution in [0.4, 0.5) is 0 Å². The lowest BCUT2D eigenvalue weighted by Gasteiger charge is -2.25. The number of benzene rings is 2. The average molecular weight is 306 g/mol. The van der Waals surface area contributed by atoms with E-state index < -0.39 is 0 Å². The Morgan fingerprint density at radius 2 is 1.81 bits per heavy atom. The maximum Gasteiger partial charge on any atom is 0.124 e. The van der Waals surface area contributed by atoms with Crippen LogP contribution < -0.4 is 10.1 Å². The molecule has 4 heteroatoms. The molecule has 2 aromatic rings. The van der Waals surface area contributed by atoms with Gasteiger partial charge in [-0.3, -0.25) is 0 Å². The molecule has 1 saturated heterocycles. The third-order valence-electron chi connectivity index (χ3n) is 3.45.